The molecule has 0 amide bonds. The van der Waals surface area contributed by atoms with E-state index in [9.17, 15) is 13.5 Å². The number of nitrogens with one attached hydrogen (secondary N) is 2. The molecule has 0 spiro atoms. The van der Waals surface area contributed by atoms with Crippen LogP contribution in [0.25, 0.3) is 22.9 Å². The summed E-state index contributed by atoms with van der Waals surface area (Å²) < 4.78 is 46.8. The summed E-state index contributed by atoms with van der Waals surface area (Å²) in [5.41, 5.74) is 1.69. The molecule has 0 aliphatic heterocycles. The summed E-state index contributed by atoms with van der Waals surface area (Å²) in [5.74, 6) is 0.537. The number of benzene rings is 1. The summed E-state index contributed by atoms with van der Waals surface area (Å²) in [6, 6.07) is 13.1. The summed E-state index contributed by atoms with van der Waals surface area (Å²) in [6.07, 6.45) is 3.00. The van der Waals surface area contributed by atoms with Crippen molar-refractivity contribution in [1.82, 2.24) is 40.6 Å². The van der Waals surface area contributed by atoms with Crippen LogP contribution < -0.4 is 18.9 Å². The number of anilines is 1. The average Bonchev–Trinajstić information content (AvgIpc) is 3.57. The third-order valence-corrected chi connectivity index (χ3v) is 7.24. The van der Waals surface area contributed by atoms with Gasteiger partial charge in [-0.3, -0.25) is 9.71 Å². The first-order valence-electron chi connectivity index (χ1n) is 12.9. The molecule has 0 aliphatic carbocycles. The first-order valence-corrected chi connectivity index (χ1v) is 14.4. The van der Waals surface area contributed by atoms with Gasteiger partial charge in [0.15, 0.2) is 34.0 Å². The maximum atomic E-state index is 13.6. The van der Waals surface area contributed by atoms with Gasteiger partial charge in [-0.25, -0.2) is 15.1 Å². The Morgan fingerprint density at radius 2 is 1.80 bits per heavy atom. The van der Waals surface area contributed by atoms with E-state index in [1.165, 1.54) is 25.6 Å². The summed E-state index contributed by atoms with van der Waals surface area (Å²) >= 11 is 0. The molecular weight excluding hydrogens is 624 g/mol. The van der Waals surface area contributed by atoms with Crippen molar-refractivity contribution in [3.63, 3.8) is 0 Å². The van der Waals surface area contributed by atoms with Gasteiger partial charge in [0.25, 0.3) is 15.9 Å². The minimum absolute atomic E-state index is 0. The molecule has 5 aromatic rings. The molecule has 4 aromatic heterocycles. The second kappa shape index (κ2) is 16.4. The summed E-state index contributed by atoms with van der Waals surface area (Å²) in [6.45, 7) is 3.43. The first-order chi connectivity index (χ1) is 20.8. The fraction of sp³-hybridized carbons (Fsp3) is 0.222. The van der Waals surface area contributed by atoms with Crippen molar-refractivity contribution in [3.05, 3.63) is 66.5 Å². The number of ether oxygens (including phenoxy) is 3. The fourth-order valence-corrected chi connectivity index (χ4v) is 4.75. The molecule has 18 heteroatoms. The molecule has 0 aliphatic rings. The smallest absolute Gasteiger partial charge is 0.280 e. The van der Waals surface area contributed by atoms with E-state index in [0.717, 1.165) is 5.56 Å². The molecule has 0 unspecified atom stereocenters. The Morgan fingerprint density at radius 1 is 1.02 bits per heavy atom. The molecule has 45 heavy (non-hydrogen) atoms. The van der Waals surface area contributed by atoms with Crippen LogP contribution in [0.1, 0.15) is 25.3 Å². The molecule has 5 rings (SSSR count). The van der Waals surface area contributed by atoms with Gasteiger partial charge in [-0.15, -0.1) is 5.10 Å². The van der Waals surface area contributed by atoms with E-state index in [1.807, 2.05) is 13.8 Å². The topological polar surface area (TPSA) is 200 Å². The second-order valence-electron chi connectivity index (χ2n) is 9.22. The van der Waals surface area contributed by atoms with Crippen molar-refractivity contribution >= 4 is 75.0 Å². The minimum atomic E-state index is -4.28. The third kappa shape index (κ3) is 8.74. The van der Waals surface area contributed by atoms with E-state index in [2.05, 4.69) is 45.3 Å². The zero-order chi connectivity index (χ0) is 30.4. The van der Waals surface area contributed by atoms with Gasteiger partial charge in [0.2, 0.25) is 5.75 Å². The van der Waals surface area contributed by atoms with E-state index in [1.54, 1.807) is 42.5 Å². The van der Waals surface area contributed by atoms with Crippen molar-refractivity contribution < 1.29 is 27.7 Å². The molecule has 0 saturated heterocycles. The summed E-state index contributed by atoms with van der Waals surface area (Å²) in [7, 11) is -2.81. The van der Waals surface area contributed by atoms with Crippen LogP contribution >= 0.6 is 0 Å². The number of aliphatic hydroxyl groups is 1. The van der Waals surface area contributed by atoms with Gasteiger partial charge in [0.05, 0.1) is 13.7 Å². The molecule has 15 nitrogen and oxygen atoms in total. The zero-order valence-electron chi connectivity index (χ0n) is 25.3. The normalized spacial score (nSPS) is 10.9. The number of aromatic amines is 1. The predicted molar refractivity (Wildman–Crippen MR) is 165 cm³/mol. The van der Waals surface area contributed by atoms with Crippen molar-refractivity contribution in [2.45, 2.75) is 24.8 Å². The molecule has 224 valence electrons. The van der Waals surface area contributed by atoms with Gasteiger partial charge >= 0.3 is 0 Å². The predicted octanol–water partition coefficient (Wildman–Crippen LogP) is 2.45. The van der Waals surface area contributed by atoms with Crippen LogP contribution in [0, 0.1) is 0 Å². The Kier molecular flexibility index (Phi) is 13.2. The Hall–Kier alpha value is -3.22. The zero-order valence-corrected chi connectivity index (χ0v) is 30.1. The number of para-hydroxylation sites is 2. The van der Waals surface area contributed by atoms with Gasteiger partial charge in [-0.2, -0.15) is 13.4 Å². The molecule has 1 aromatic carbocycles. The maximum absolute atomic E-state index is 13.6. The number of sulfonamides is 1. The molecule has 0 fully saturated rings. The van der Waals surface area contributed by atoms with Crippen LogP contribution in [0.2, 0.25) is 0 Å². The number of tetrazole rings is 1. The number of pyridine rings is 2. The Labute approximate surface area is 303 Å². The van der Waals surface area contributed by atoms with Crippen LogP contribution in [0.5, 0.6) is 23.1 Å². The van der Waals surface area contributed by atoms with Crippen LogP contribution in [0.15, 0.2) is 66.0 Å². The van der Waals surface area contributed by atoms with Gasteiger partial charge in [-0.1, -0.05) is 32.0 Å². The molecule has 3 N–H and O–H groups in total. The first kappa shape index (κ1) is 36.3. The minimum Gasteiger partial charge on any atom is -0.493 e. The number of methoxy groups -OCH3 is 1. The largest absolute Gasteiger partial charge is 0.493 e. The standard InChI is InChI=1S/C27H27N9O6S.2Na/c1-16(2)18-8-9-22(29-15-18)43(38,39)34-26-23(42-21-7-5-4-6-20(21)40-3)27(41-13-12-37)31-24(30-26)17-10-11-28-19(14-17)25-32-35-36-33-25;;/h4-11,14-16,37H,12-13H2,1-3H3,(H,30,31,34)(H,32,33,35,36);;. The fourth-order valence-electron chi connectivity index (χ4n) is 3.81. The Bertz CT molecular complexity index is 1810. The molecular formula is C27H27N9Na2O6S. The number of aromatic nitrogens is 8. The van der Waals surface area contributed by atoms with Gasteiger partial charge in [0.1, 0.15) is 12.3 Å². The van der Waals surface area contributed by atoms with Crippen molar-refractivity contribution in [3.8, 4) is 46.0 Å². The monoisotopic (exact) mass is 651 g/mol. The van der Waals surface area contributed by atoms with Crippen LogP contribution in [0.3, 0.4) is 0 Å². The van der Waals surface area contributed by atoms with Crippen molar-refractivity contribution in [2.24, 2.45) is 0 Å². The molecule has 0 atom stereocenters. The number of hydrogen-bond donors (Lipinski definition) is 3. The molecule has 0 bridgehead atoms. The van der Waals surface area contributed by atoms with Crippen LogP contribution in [-0.2, 0) is 10.0 Å². The van der Waals surface area contributed by atoms with E-state index in [4.69, 9.17) is 14.2 Å². The maximum Gasteiger partial charge on any atom is 0.280 e. The second-order valence-corrected chi connectivity index (χ2v) is 10.9. The van der Waals surface area contributed by atoms with E-state index in [0.29, 0.717) is 22.8 Å². The third-order valence-electron chi connectivity index (χ3n) is 5.98. The van der Waals surface area contributed by atoms with Crippen LogP contribution in [0.4, 0.5) is 5.82 Å². The number of aliphatic hydroxyl groups excluding tert-OH is 1. The molecule has 0 saturated carbocycles. The number of nitrogens with zero attached hydrogens (tertiary/aromatic N) is 7. The molecule has 2 radical (unpaired) electrons. The van der Waals surface area contributed by atoms with Crippen molar-refractivity contribution in [1.29, 1.82) is 0 Å². The number of hydrogen-bond acceptors (Lipinski definition) is 13. The van der Waals surface area contributed by atoms with Crippen molar-refractivity contribution in [2.75, 3.05) is 25.0 Å². The Morgan fingerprint density at radius 3 is 2.44 bits per heavy atom. The molecule has 4 heterocycles. The summed E-state index contributed by atoms with van der Waals surface area (Å²) in [4.78, 5) is 17.4. The summed E-state index contributed by atoms with van der Waals surface area (Å²) in [5, 5.41) is 22.9. The quantitative estimate of drug-likeness (QED) is 0.166. The van der Waals surface area contributed by atoms with Gasteiger partial charge in [0, 0.05) is 77.1 Å². The number of rotatable bonds is 12. The van der Waals surface area contributed by atoms with E-state index in [-0.39, 0.29) is 112 Å². The van der Waals surface area contributed by atoms with Gasteiger partial charge < -0.3 is 19.3 Å². The SMILES string of the molecule is COc1ccccc1Oc1c(NS(=O)(=O)c2ccc(C(C)C)cn2)nc(-c2ccnc(-c3nnn[nH]3)c2)nc1OCCO.[Na].[Na]. The van der Waals surface area contributed by atoms with E-state index >= 15 is 0 Å². The van der Waals surface area contributed by atoms with E-state index < -0.39 is 10.0 Å². The van der Waals surface area contributed by atoms with Gasteiger partial charge in [-0.05, 0) is 52.2 Å². The number of H-pyrrole nitrogens is 1. The average molecular weight is 652 g/mol. The van der Waals surface area contributed by atoms with Crippen LogP contribution in [-0.4, -0.2) is 134 Å². The Balaban J connectivity index is 0.00000276.